The SMILES string of the molecule is COc1cccc(COc2ccc(Cl)c(CCl)n2)c1. The van der Waals surface area contributed by atoms with Gasteiger partial charge in [0.15, 0.2) is 0 Å². The lowest BCUT2D eigenvalue weighted by Gasteiger charge is -2.08. The molecule has 0 unspecified atom stereocenters. The lowest BCUT2D eigenvalue weighted by atomic mass is 10.2. The lowest BCUT2D eigenvalue weighted by Crippen LogP contribution is -1.99. The van der Waals surface area contributed by atoms with Crippen LogP contribution in [0.5, 0.6) is 11.6 Å². The molecule has 0 atom stereocenters. The highest BCUT2D eigenvalue weighted by Crippen LogP contribution is 2.20. The van der Waals surface area contributed by atoms with Gasteiger partial charge in [-0.15, -0.1) is 11.6 Å². The van der Waals surface area contributed by atoms with Crippen LogP contribution in [0.25, 0.3) is 0 Å². The molecule has 0 radical (unpaired) electrons. The second-order valence-corrected chi connectivity index (χ2v) is 4.53. The second kappa shape index (κ2) is 6.64. The first-order chi connectivity index (χ1) is 9.22. The highest BCUT2D eigenvalue weighted by Gasteiger charge is 2.04. The highest BCUT2D eigenvalue weighted by molar-refractivity contribution is 6.32. The maximum atomic E-state index is 5.93. The third-order valence-corrected chi connectivity index (χ3v) is 3.14. The molecule has 0 fully saturated rings. The van der Waals surface area contributed by atoms with Crippen LogP contribution in [0.3, 0.4) is 0 Å². The molecule has 5 heteroatoms. The second-order valence-electron chi connectivity index (χ2n) is 3.85. The number of nitrogens with zero attached hydrogens (tertiary/aromatic N) is 1. The van der Waals surface area contributed by atoms with Gasteiger partial charge in [-0.3, -0.25) is 0 Å². The molecule has 0 amide bonds. The van der Waals surface area contributed by atoms with Gasteiger partial charge in [0, 0.05) is 6.07 Å². The van der Waals surface area contributed by atoms with Crippen LogP contribution < -0.4 is 9.47 Å². The Bertz CT molecular complexity index is 561. The number of ether oxygens (including phenoxy) is 2. The van der Waals surface area contributed by atoms with E-state index in [1.165, 1.54) is 0 Å². The van der Waals surface area contributed by atoms with Crippen LogP contribution in [0.4, 0.5) is 0 Å². The molecule has 0 aliphatic carbocycles. The molecule has 0 N–H and O–H groups in total. The average molecular weight is 298 g/mol. The quantitative estimate of drug-likeness (QED) is 0.780. The van der Waals surface area contributed by atoms with E-state index >= 15 is 0 Å². The van der Waals surface area contributed by atoms with E-state index in [1.807, 2.05) is 24.3 Å². The number of aromatic nitrogens is 1. The summed E-state index contributed by atoms with van der Waals surface area (Å²) in [7, 11) is 1.63. The van der Waals surface area contributed by atoms with Crippen molar-refractivity contribution in [3.05, 3.63) is 52.7 Å². The van der Waals surface area contributed by atoms with Gasteiger partial charge in [-0.25, -0.2) is 4.98 Å². The van der Waals surface area contributed by atoms with Gasteiger partial charge in [0.25, 0.3) is 0 Å². The molecule has 2 rings (SSSR count). The van der Waals surface area contributed by atoms with E-state index in [9.17, 15) is 0 Å². The topological polar surface area (TPSA) is 31.4 Å². The minimum absolute atomic E-state index is 0.259. The summed E-state index contributed by atoms with van der Waals surface area (Å²) in [4.78, 5) is 4.23. The fourth-order valence-electron chi connectivity index (χ4n) is 1.56. The molecule has 0 aliphatic heterocycles. The van der Waals surface area contributed by atoms with Crippen molar-refractivity contribution in [2.75, 3.05) is 7.11 Å². The molecule has 0 saturated heterocycles. The van der Waals surface area contributed by atoms with Crippen LogP contribution in [0.2, 0.25) is 5.02 Å². The summed E-state index contributed by atoms with van der Waals surface area (Å²) < 4.78 is 10.8. The number of rotatable bonds is 5. The van der Waals surface area contributed by atoms with Crippen molar-refractivity contribution >= 4 is 23.2 Å². The lowest BCUT2D eigenvalue weighted by molar-refractivity contribution is 0.292. The van der Waals surface area contributed by atoms with Crippen LogP contribution in [0, 0.1) is 0 Å². The zero-order valence-corrected chi connectivity index (χ0v) is 11.9. The number of hydrogen-bond acceptors (Lipinski definition) is 3. The highest BCUT2D eigenvalue weighted by atomic mass is 35.5. The Morgan fingerprint density at radius 2 is 2.05 bits per heavy atom. The number of halogens is 2. The summed E-state index contributed by atoms with van der Waals surface area (Å²) in [6, 6.07) is 11.1. The van der Waals surface area contributed by atoms with Gasteiger partial charge >= 0.3 is 0 Å². The molecule has 1 aromatic carbocycles. The molecule has 2 aromatic rings. The predicted molar refractivity (Wildman–Crippen MR) is 76.1 cm³/mol. The molecule has 1 aromatic heterocycles. The maximum Gasteiger partial charge on any atom is 0.213 e. The first-order valence-corrected chi connectivity index (χ1v) is 6.61. The third kappa shape index (κ3) is 3.75. The smallest absolute Gasteiger partial charge is 0.213 e. The van der Waals surface area contributed by atoms with Crippen LogP contribution in [-0.4, -0.2) is 12.1 Å². The van der Waals surface area contributed by atoms with Crippen molar-refractivity contribution in [3.63, 3.8) is 0 Å². The molecule has 3 nitrogen and oxygen atoms in total. The third-order valence-electron chi connectivity index (χ3n) is 2.54. The predicted octanol–water partition coefficient (Wildman–Crippen LogP) is 4.06. The Morgan fingerprint density at radius 1 is 1.21 bits per heavy atom. The molecule has 100 valence electrons. The Kier molecular flexibility index (Phi) is 4.88. The summed E-state index contributed by atoms with van der Waals surface area (Å²) in [6.07, 6.45) is 0. The summed E-state index contributed by atoms with van der Waals surface area (Å²) >= 11 is 11.7. The Labute approximate surface area is 122 Å². The Morgan fingerprint density at radius 3 is 2.79 bits per heavy atom. The molecular formula is C14H13Cl2NO2. The zero-order chi connectivity index (χ0) is 13.7. The summed E-state index contributed by atoms with van der Waals surface area (Å²) in [5.41, 5.74) is 1.62. The van der Waals surface area contributed by atoms with Gasteiger partial charge in [-0.1, -0.05) is 23.7 Å². The van der Waals surface area contributed by atoms with Gasteiger partial charge in [0.05, 0.1) is 23.7 Å². The Hall–Kier alpha value is -1.45. The van der Waals surface area contributed by atoms with Crippen LogP contribution >= 0.6 is 23.2 Å². The number of pyridine rings is 1. The van der Waals surface area contributed by atoms with Crippen molar-refractivity contribution < 1.29 is 9.47 Å². The molecule has 19 heavy (non-hydrogen) atoms. The summed E-state index contributed by atoms with van der Waals surface area (Å²) in [5, 5.41) is 0.545. The first-order valence-electron chi connectivity index (χ1n) is 5.70. The van der Waals surface area contributed by atoms with Gasteiger partial charge in [0.1, 0.15) is 12.4 Å². The molecule has 1 heterocycles. The zero-order valence-electron chi connectivity index (χ0n) is 10.4. The first kappa shape index (κ1) is 14.0. The van der Waals surface area contributed by atoms with Crippen molar-refractivity contribution in [1.82, 2.24) is 4.98 Å². The van der Waals surface area contributed by atoms with Gasteiger partial charge in [-0.2, -0.15) is 0 Å². The molecule has 0 bridgehead atoms. The van der Waals surface area contributed by atoms with E-state index in [1.54, 1.807) is 19.2 Å². The standard InChI is InChI=1S/C14H13Cl2NO2/c1-18-11-4-2-3-10(7-11)9-19-14-6-5-12(16)13(8-15)17-14/h2-7H,8-9H2,1H3. The summed E-state index contributed by atoms with van der Waals surface area (Å²) in [6.45, 7) is 0.410. The Balaban J connectivity index is 2.05. The van der Waals surface area contributed by atoms with Crippen molar-refractivity contribution in [1.29, 1.82) is 0 Å². The van der Waals surface area contributed by atoms with Crippen LogP contribution in [-0.2, 0) is 12.5 Å². The van der Waals surface area contributed by atoms with E-state index in [-0.39, 0.29) is 5.88 Å². The minimum Gasteiger partial charge on any atom is -0.497 e. The average Bonchev–Trinajstić information content (AvgIpc) is 2.46. The molecule has 0 saturated carbocycles. The van der Waals surface area contributed by atoms with E-state index in [2.05, 4.69) is 4.98 Å². The van der Waals surface area contributed by atoms with Gasteiger partial charge in [0.2, 0.25) is 5.88 Å². The number of methoxy groups -OCH3 is 1. The van der Waals surface area contributed by atoms with Gasteiger partial charge < -0.3 is 9.47 Å². The van der Waals surface area contributed by atoms with Crippen molar-refractivity contribution in [2.45, 2.75) is 12.5 Å². The number of alkyl halides is 1. The van der Waals surface area contributed by atoms with Crippen molar-refractivity contribution in [2.24, 2.45) is 0 Å². The number of benzene rings is 1. The fourth-order valence-corrected chi connectivity index (χ4v) is 2.00. The van der Waals surface area contributed by atoms with Crippen LogP contribution in [0.1, 0.15) is 11.3 Å². The van der Waals surface area contributed by atoms with E-state index in [0.717, 1.165) is 11.3 Å². The normalized spacial score (nSPS) is 10.3. The largest absolute Gasteiger partial charge is 0.497 e. The molecular weight excluding hydrogens is 285 g/mol. The molecule has 0 aliphatic rings. The molecule has 0 spiro atoms. The van der Waals surface area contributed by atoms with E-state index in [0.29, 0.717) is 23.2 Å². The van der Waals surface area contributed by atoms with E-state index < -0.39 is 0 Å². The fraction of sp³-hybridized carbons (Fsp3) is 0.214. The number of hydrogen-bond donors (Lipinski definition) is 0. The maximum absolute atomic E-state index is 5.93. The minimum atomic E-state index is 0.259. The summed E-state index contributed by atoms with van der Waals surface area (Å²) in [5.74, 6) is 1.56. The van der Waals surface area contributed by atoms with Crippen LogP contribution in [0.15, 0.2) is 36.4 Å². The van der Waals surface area contributed by atoms with Gasteiger partial charge in [-0.05, 0) is 23.8 Å². The van der Waals surface area contributed by atoms with E-state index in [4.69, 9.17) is 32.7 Å². The van der Waals surface area contributed by atoms with Crippen molar-refractivity contribution in [3.8, 4) is 11.6 Å². The monoisotopic (exact) mass is 297 g/mol.